The highest BCUT2D eigenvalue weighted by Crippen LogP contribution is 2.39. The second kappa shape index (κ2) is 9.26. The van der Waals surface area contributed by atoms with E-state index < -0.39 is 5.97 Å². The van der Waals surface area contributed by atoms with Crippen LogP contribution in [0.15, 0.2) is 60.9 Å². The first-order valence-corrected chi connectivity index (χ1v) is 12.0. The lowest BCUT2D eigenvalue weighted by molar-refractivity contribution is 0.0695. The van der Waals surface area contributed by atoms with Crippen LogP contribution in [0.3, 0.4) is 0 Å². The zero-order valence-electron chi connectivity index (χ0n) is 19.2. The molecule has 1 aliphatic heterocycles. The molecule has 0 spiro atoms. The predicted molar refractivity (Wildman–Crippen MR) is 133 cm³/mol. The van der Waals surface area contributed by atoms with E-state index in [1.165, 1.54) is 54.1 Å². The van der Waals surface area contributed by atoms with E-state index in [1.807, 2.05) is 0 Å². The first kappa shape index (κ1) is 21.5. The summed E-state index contributed by atoms with van der Waals surface area (Å²) < 4.78 is 0. The van der Waals surface area contributed by atoms with E-state index in [0.29, 0.717) is 11.5 Å². The number of rotatable bonds is 7. The quantitative estimate of drug-likeness (QED) is 0.501. The van der Waals surface area contributed by atoms with Gasteiger partial charge in [0.2, 0.25) is 0 Å². The summed E-state index contributed by atoms with van der Waals surface area (Å²) in [7, 11) is 2.13. The number of aryl methyl sites for hydroxylation is 2. The number of hydrogen-bond donors (Lipinski definition) is 1. The van der Waals surface area contributed by atoms with Gasteiger partial charge in [-0.1, -0.05) is 6.07 Å². The molecule has 1 N–H and O–H groups in total. The summed E-state index contributed by atoms with van der Waals surface area (Å²) in [4.78, 5) is 20.3. The number of carboxylic acids is 1. The highest BCUT2D eigenvalue weighted by Gasteiger charge is 2.24. The van der Waals surface area contributed by atoms with Crippen LogP contribution < -0.4 is 9.80 Å². The van der Waals surface area contributed by atoms with Gasteiger partial charge in [-0.2, -0.15) is 0 Å². The van der Waals surface area contributed by atoms with E-state index in [4.69, 9.17) is 0 Å². The minimum atomic E-state index is -0.875. The van der Waals surface area contributed by atoms with Gasteiger partial charge in [0.1, 0.15) is 0 Å². The molecule has 5 nitrogen and oxygen atoms in total. The molecular weight excluding hydrogens is 410 g/mol. The van der Waals surface area contributed by atoms with E-state index in [1.54, 1.807) is 18.5 Å². The Morgan fingerprint density at radius 1 is 1.09 bits per heavy atom. The number of pyridine rings is 1. The molecule has 2 aromatic carbocycles. The fraction of sp³-hybridized carbons (Fsp3) is 0.357. The lowest BCUT2D eigenvalue weighted by atomic mass is 9.93. The lowest BCUT2D eigenvalue weighted by Gasteiger charge is -2.23. The van der Waals surface area contributed by atoms with Crippen molar-refractivity contribution < 1.29 is 9.90 Å². The molecule has 1 saturated heterocycles. The number of nitrogens with zero attached hydrogens (tertiary/aromatic N) is 3. The van der Waals surface area contributed by atoms with Crippen LogP contribution in [0.5, 0.6) is 0 Å². The van der Waals surface area contributed by atoms with Gasteiger partial charge in [-0.05, 0) is 104 Å². The molecule has 33 heavy (non-hydrogen) atoms. The van der Waals surface area contributed by atoms with Crippen LogP contribution in [-0.4, -0.2) is 36.2 Å². The molecule has 3 aromatic rings. The van der Waals surface area contributed by atoms with Crippen LogP contribution >= 0.6 is 0 Å². The van der Waals surface area contributed by atoms with Crippen LogP contribution in [0.4, 0.5) is 17.1 Å². The summed E-state index contributed by atoms with van der Waals surface area (Å²) in [6.45, 7) is 2.33. The molecule has 1 aliphatic carbocycles. The number of carbonyl (C=O) groups is 1. The number of carboxylic acid groups (broad SMARTS) is 1. The largest absolute Gasteiger partial charge is 0.478 e. The van der Waals surface area contributed by atoms with Gasteiger partial charge in [0.05, 0.1) is 5.56 Å². The van der Waals surface area contributed by atoms with Crippen molar-refractivity contribution in [2.75, 3.05) is 29.9 Å². The Kier molecular flexibility index (Phi) is 6.03. The SMILES string of the molecule is CN(c1ccc(N2CCCC2)cc1)c1ccc2c(c1)CC[C@H]2CCc1cnccc1C(=O)O. The fourth-order valence-corrected chi connectivity index (χ4v) is 5.38. The number of aromatic nitrogens is 1. The van der Waals surface area contributed by atoms with Crippen molar-refractivity contribution in [3.05, 3.63) is 83.2 Å². The number of aromatic carboxylic acids is 1. The first-order chi connectivity index (χ1) is 16.1. The van der Waals surface area contributed by atoms with E-state index in [-0.39, 0.29) is 0 Å². The van der Waals surface area contributed by atoms with E-state index in [2.05, 4.69) is 64.3 Å². The molecule has 2 heterocycles. The third-order valence-corrected chi connectivity index (χ3v) is 7.32. The molecule has 0 unspecified atom stereocenters. The summed E-state index contributed by atoms with van der Waals surface area (Å²) >= 11 is 0. The number of fused-ring (bicyclic) bond motifs is 1. The number of benzene rings is 2. The minimum Gasteiger partial charge on any atom is -0.478 e. The molecule has 170 valence electrons. The van der Waals surface area contributed by atoms with Crippen LogP contribution in [0.25, 0.3) is 0 Å². The molecule has 1 atom stereocenters. The molecule has 0 amide bonds. The number of anilines is 3. The summed E-state index contributed by atoms with van der Waals surface area (Å²) in [6.07, 6.45) is 9.73. The Bertz CT molecular complexity index is 1140. The van der Waals surface area contributed by atoms with E-state index in [9.17, 15) is 9.90 Å². The highest BCUT2D eigenvalue weighted by molar-refractivity contribution is 5.89. The van der Waals surface area contributed by atoms with Gasteiger partial charge in [-0.25, -0.2) is 4.79 Å². The van der Waals surface area contributed by atoms with E-state index in [0.717, 1.165) is 31.2 Å². The van der Waals surface area contributed by atoms with Crippen molar-refractivity contribution >= 4 is 23.0 Å². The fourth-order valence-electron chi connectivity index (χ4n) is 5.38. The smallest absolute Gasteiger partial charge is 0.336 e. The van der Waals surface area contributed by atoms with Crippen molar-refractivity contribution in [2.24, 2.45) is 0 Å². The van der Waals surface area contributed by atoms with Crippen LogP contribution in [-0.2, 0) is 12.8 Å². The monoisotopic (exact) mass is 441 g/mol. The van der Waals surface area contributed by atoms with Gasteiger partial charge in [0.25, 0.3) is 0 Å². The average molecular weight is 442 g/mol. The van der Waals surface area contributed by atoms with Crippen molar-refractivity contribution in [2.45, 2.75) is 44.4 Å². The van der Waals surface area contributed by atoms with E-state index >= 15 is 0 Å². The average Bonchev–Trinajstić information content (AvgIpc) is 3.52. The topological polar surface area (TPSA) is 56.7 Å². The Balaban J connectivity index is 1.27. The molecule has 5 rings (SSSR count). The van der Waals surface area contributed by atoms with Crippen molar-refractivity contribution in [3.8, 4) is 0 Å². The summed E-state index contributed by atoms with van der Waals surface area (Å²) in [5.74, 6) is -0.402. The Morgan fingerprint density at radius 3 is 2.61 bits per heavy atom. The summed E-state index contributed by atoms with van der Waals surface area (Å²) in [5, 5.41) is 9.43. The second-order valence-corrected chi connectivity index (χ2v) is 9.26. The van der Waals surface area contributed by atoms with Crippen molar-refractivity contribution in [3.63, 3.8) is 0 Å². The van der Waals surface area contributed by atoms with Gasteiger partial charge in [0.15, 0.2) is 0 Å². The lowest BCUT2D eigenvalue weighted by Crippen LogP contribution is -2.17. The molecule has 5 heteroatoms. The van der Waals surface area contributed by atoms with Crippen LogP contribution in [0.1, 0.15) is 58.6 Å². The van der Waals surface area contributed by atoms with Gasteiger partial charge in [-0.15, -0.1) is 0 Å². The predicted octanol–water partition coefficient (Wildman–Crippen LogP) is 5.81. The normalized spacial score (nSPS) is 17.2. The maximum Gasteiger partial charge on any atom is 0.336 e. The highest BCUT2D eigenvalue weighted by atomic mass is 16.4. The Hall–Kier alpha value is -3.34. The van der Waals surface area contributed by atoms with Gasteiger partial charge >= 0.3 is 5.97 Å². The molecule has 1 aromatic heterocycles. The summed E-state index contributed by atoms with van der Waals surface area (Å²) in [5.41, 5.74) is 7.76. The molecule has 0 saturated carbocycles. The Labute approximate surface area is 195 Å². The second-order valence-electron chi connectivity index (χ2n) is 9.26. The number of hydrogen-bond acceptors (Lipinski definition) is 4. The van der Waals surface area contributed by atoms with Gasteiger partial charge < -0.3 is 14.9 Å². The first-order valence-electron chi connectivity index (χ1n) is 12.0. The molecule has 2 aliphatic rings. The third kappa shape index (κ3) is 4.45. The zero-order valence-corrected chi connectivity index (χ0v) is 19.2. The maximum absolute atomic E-state index is 11.5. The maximum atomic E-state index is 11.5. The summed E-state index contributed by atoms with van der Waals surface area (Å²) in [6, 6.07) is 17.3. The Morgan fingerprint density at radius 2 is 1.85 bits per heavy atom. The van der Waals surface area contributed by atoms with Crippen molar-refractivity contribution in [1.29, 1.82) is 0 Å². The van der Waals surface area contributed by atoms with Crippen LogP contribution in [0.2, 0.25) is 0 Å². The zero-order chi connectivity index (χ0) is 22.8. The molecule has 0 radical (unpaired) electrons. The third-order valence-electron chi connectivity index (χ3n) is 7.32. The molecule has 0 bridgehead atoms. The standard InChI is InChI=1S/C28H31N3O2/c1-30(23-8-10-24(11-9-23)31-16-2-3-17-31)25-12-13-26-20(4-6-21(26)18-25)5-7-22-19-29-15-14-27(22)28(32)33/h8-15,18-20H,2-7,16-17H2,1H3,(H,32,33)/t20-/m0/s1. The van der Waals surface area contributed by atoms with Gasteiger partial charge in [0, 0.05) is 49.6 Å². The van der Waals surface area contributed by atoms with Gasteiger partial charge in [-0.3, -0.25) is 4.98 Å². The van der Waals surface area contributed by atoms with Crippen molar-refractivity contribution in [1.82, 2.24) is 4.98 Å². The molecule has 1 fully saturated rings. The minimum absolute atomic E-state index is 0.371. The molecular formula is C28H31N3O2. The van der Waals surface area contributed by atoms with Crippen LogP contribution in [0, 0.1) is 0 Å².